The maximum absolute atomic E-state index is 13.9. The minimum Gasteiger partial charge on any atom is -0.478 e. The van der Waals surface area contributed by atoms with Crippen molar-refractivity contribution < 1.29 is 22.7 Å². The Morgan fingerprint density at radius 2 is 2.20 bits per heavy atom. The molecule has 1 unspecified atom stereocenters. The summed E-state index contributed by atoms with van der Waals surface area (Å²) in [6.07, 6.45) is 1.65. The van der Waals surface area contributed by atoms with E-state index in [9.17, 15) is 17.6 Å². The average molecular weight is 301 g/mol. The number of rotatable bonds is 4. The first-order valence-corrected chi connectivity index (χ1v) is 7.83. The van der Waals surface area contributed by atoms with Crippen LogP contribution in [0, 0.1) is 11.7 Å². The number of halogens is 1. The summed E-state index contributed by atoms with van der Waals surface area (Å²) < 4.78 is 39.8. The van der Waals surface area contributed by atoms with Gasteiger partial charge in [0.05, 0.1) is 5.56 Å². The van der Waals surface area contributed by atoms with Crippen molar-refractivity contribution in [1.29, 1.82) is 0 Å². The molecule has 0 aliphatic carbocycles. The highest BCUT2D eigenvalue weighted by Gasteiger charge is 2.33. The van der Waals surface area contributed by atoms with Crippen molar-refractivity contribution in [2.45, 2.75) is 24.7 Å². The molecule has 1 aromatic rings. The van der Waals surface area contributed by atoms with E-state index in [1.54, 1.807) is 0 Å². The van der Waals surface area contributed by atoms with Crippen LogP contribution in [-0.4, -0.2) is 36.9 Å². The third-order valence-electron chi connectivity index (χ3n) is 3.62. The van der Waals surface area contributed by atoms with Crippen molar-refractivity contribution in [3.05, 3.63) is 29.6 Å². The number of carboxylic acid groups (broad SMARTS) is 1. The molecule has 1 heterocycles. The summed E-state index contributed by atoms with van der Waals surface area (Å²) in [7, 11) is -3.89. The maximum Gasteiger partial charge on any atom is 0.335 e. The van der Waals surface area contributed by atoms with Gasteiger partial charge in [0.2, 0.25) is 10.0 Å². The third-order valence-corrected chi connectivity index (χ3v) is 5.52. The Kier molecular flexibility index (Phi) is 4.10. The zero-order valence-corrected chi connectivity index (χ0v) is 11.9. The minimum absolute atomic E-state index is 0.269. The van der Waals surface area contributed by atoms with E-state index < -0.39 is 26.7 Å². The molecule has 20 heavy (non-hydrogen) atoms. The molecule has 1 atom stereocenters. The number of benzene rings is 1. The van der Waals surface area contributed by atoms with E-state index >= 15 is 0 Å². The lowest BCUT2D eigenvalue weighted by Crippen LogP contribution is -2.29. The third kappa shape index (κ3) is 2.69. The number of hydrogen-bond acceptors (Lipinski definition) is 3. The Morgan fingerprint density at radius 3 is 2.70 bits per heavy atom. The summed E-state index contributed by atoms with van der Waals surface area (Å²) in [6.45, 7) is 2.75. The summed E-state index contributed by atoms with van der Waals surface area (Å²) in [5, 5.41) is 8.75. The van der Waals surface area contributed by atoms with Crippen molar-refractivity contribution in [3.63, 3.8) is 0 Å². The predicted molar refractivity (Wildman–Crippen MR) is 70.5 cm³/mol. The smallest absolute Gasteiger partial charge is 0.335 e. The monoisotopic (exact) mass is 301 g/mol. The molecule has 0 saturated carbocycles. The van der Waals surface area contributed by atoms with E-state index in [1.165, 1.54) is 4.31 Å². The molecule has 0 amide bonds. The highest BCUT2D eigenvalue weighted by molar-refractivity contribution is 7.89. The summed E-state index contributed by atoms with van der Waals surface area (Å²) in [4.78, 5) is 10.3. The lowest BCUT2D eigenvalue weighted by molar-refractivity contribution is 0.0696. The molecule has 1 aliphatic heterocycles. The van der Waals surface area contributed by atoms with Crippen LogP contribution in [-0.2, 0) is 10.0 Å². The molecule has 1 saturated heterocycles. The van der Waals surface area contributed by atoms with Gasteiger partial charge in [-0.1, -0.05) is 13.3 Å². The number of carboxylic acids is 1. The number of nitrogens with zero attached hydrogens (tertiary/aromatic N) is 1. The molecule has 0 radical (unpaired) electrons. The first-order chi connectivity index (χ1) is 9.36. The second-order valence-corrected chi connectivity index (χ2v) is 6.78. The van der Waals surface area contributed by atoms with Gasteiger partial charge in [-0.15, -0.1) is 0 Å². The fraction of sp³-hybridized carbons (Fsp3) is 0.462. The van der Waals surface area contributed by atoms with E-state index in [0.29, 0.717) is 19.0 Å². The standard InChI is InChI=1S/C13H16FNO4S/c1-2-9-5-6-15(8-9)20(18,19)12-4-3-10(13(16)17)7-11(12)14/h3-4,7,9H,2,5-6,8H2,1H3,(H,16,17). The number of sulfonamides is 1. The molecule has 5 nitrogen and oxygen atoms in total. The zero-order valence-electron chi connectivity index (χ0n) is 11.0. The largest absolute Gasteiger partial charge is 0.478 e. The van der Waals surface area contributed by atoms with Crippen molar-refractivity contribution in [2.75, 3.05) is 13.1 Å². The van der Waals surface area contributed by atoms with Gasteiger partial charge in [0.1, 0.15) is 10.7 Å². The molecule has 2 rings (SSSR count). The van der Waals surface area contributed by atoms with Crippen LogP contribution in [0.2, 0.25) is 0 Å². The Bertz CT molecular complexity index is 629. The van der Waals surface area contributed by atoms with Gasteiger partial charge in [0.25, 0.3) is 0 Å². The molecule has 0 spiro atoms. The summed E-state index contributed by atoms with van der Waals surface area (Å²) in [6, 6.07) is 2.86. The van der Waals surface area contributed by atoms with Gasteiger partial charge in [-0.05, 0) is 30.5 Å². The summed E-state index contributed by atoms with van der Waals surface area (Å²) >= 11 is 0. The van der Waals surface area contributed by atoms with Crippen LogP contribution >= 0.6 is 0 Å². The van der Waals surface area contributed by atoms with Crippen molar-refractivity contribution in [2.24, 2.45) is 5.92 Å². The van der Waals surface area contributed by atoms with Gasteiger partial charge in [0.15, 0.2) is 0 Å². The Morgan fingerprint density at radius 1 is 1.50 bits per heavy atom. The van der Waals surface area contributed by atoms with E-state index in [2.05, 4.69) is 0 Å². The highest BCUT2D eigenvalue weighted by atomic mass is 32.2. The van der Waals surface area contributed by atoms with Crippen molar-refractivity contribution in [1.82, 2.24) is 4.31 Å². The SMILES string of the molecule is CCC1CCN(S(=O)(=O)c2ccc(C(=O)O)cc2F)C1. The van der Waals surface area contributed by atoms with E-state index in [4.69, 9.17) is 5.11 Å². The van der Waals surface area contributed by atoms with E-state index in [-0.39, 0.29) is 5.56 Å². The van der Waals surface area contributed by atoms with Crippen LogP contribution in [0.4, 0.5) is 4.39 Å². The van der Waals surface area contributed by atoms with Crippen molar-refractivity contribution in [3.8, 4) is 0 Å². The quantitative estimate of drug-likeness (QED) is 0.922. The topological polar surface area (TPSA) is 74.7 Å². The van der Waals surface area contributed by atoms with Crippen LogP contribution in [0.5, 0.6) is 0 Å². The van der Waals surface area contributed by atoms with Gasteiger partial charge >= 0.3 is 5.97 Å². The fourth-order valence-corrected chi connectivity index (χ4v) is 3.91. The second kappa shape index (κ2) is 5.49. The van der Waals surface area contributed by atoms with Gasteiger partial charge < -0.3 is 5.11 Å². The normalized spacial score (nSPS) is 20.2. The zero-order chi connectivity index (χ0) is 14.9. The number of carbonyl (C=O) groups is 1. The van der Waals surface area contributed by atoms with Crippen molar-refractivity contribution >= 4 is 16.0 Å². The molecule has 1 aliphatic rings. The van der Waals surface area contributed by atoms with Crippen LogP contribution in [0.3, 0.4) is 0 Å². The number of aromatic carboxylic acids is 1. The van der Waals surface area contributed by atoms with E-state index in [0.717, 1.165) is 31.0 Å². The van der Waals surface area contributed by atoms with Crippen LogP contribution in [0.25, 0.3) is 0 Å². The molecule has 1 N–H and O–H groups in total. The highest BCUT2D eigenvalue weighted by Crippen LogP contribution is 2.27. The molecule has 1 fully saturated rings. The molecule has 1 aromatic carbocycles. The molecule has 0 aromatic heterocycles. The van der Waals surface area contributed by atoms with Crippen LogP contribution in [0.1, 0.15) is 30.1 Å². The van der Waals surface area contributed by atoms with Gasteiger partial charge in [-0.25, -0.2) is 17.6 Å². The molecular weight excluding hydrogens is 285 g/mol. The first-order valence-electron chi connectivity index (χ1n) is 6.39. The molecule has 0 bridgehead atoms. The molecule has 7 heteroatoms. The molecule has 110 valence electrons. The Balaban J connectivity index is 2.33. The van der Waals surface area contributed by atoms with Gasteiger partial charge in [-0.3, -0.25) is 0 Å². The maximum atomic E-state index is 13.9. The van der Waals surface area contributed by atoms with Crippen LogP contribution in [0.15, 0.2) is 23.1 Å². The second-order valence-electron chi connectivity index (χ2n) is 4.88. The Hall–Kier alpha value is -1.47. The van der Waals surface area contributed by atoms with Gasteiger partial charge in [-0.2, -0.15) is 4.31 Å². The lowest BCUT2D eigenvalue weighted by Gasteiger charge is -2.17. The Labute approximate surface area is 117 Å². The van der Waals surface area contributed by atoms with Crippen LogP contribution < -0.4 is 0 Å². The summed E-state index contributed by atoms with van der Waals surface area (Å²) in [5.74, 6) is -2.02. The van der Waals surface area contributed by atoms with Gasteiger partial charge in [0, 0.05) is 13.1 Å². The molecular formula is C13H16FNO4S. The first kappa shape index (κ1) is 14.9. The summed E-state index contributed by atoms with van der Waals surface area (Å²) in [5.41, 5.74) is -0.269. The van der Waals surface area contributed by atoms with E-state index in [1.807, 2.05) is 6.92 Å². The predicted octanol–water partition coefficient (Wildman–Crippen LogP) is 1.94. The lowest BCUT2D eigenvalue weighted by atomic mass is 10.1. The fourth-order valence-electron chi connectivity index (χ4n) is 2.33. The average Bonchev–Trinajstić information content (AvgIpc) is 2.87. The number of hydrogen-bond donors (Lipinski definition) is 1. The minimum atomic E-state index is -3.89.